The van der Waals surface area contributed by atoms with Gasteiger partial charge in [-0.15, -0.1) is 0 Å². The van der Waals surface area contributed by atoms with E-state index in [0.717, 1.165) is 0 Å². The molecule has 0 spiro atoms. The fourth-order valence-corrected chi connectivity index (χ4v) is 1.26. The average Bonchev–Trinajstić information content (AvgIpc) is 2.47. The van der Waals surface area contributed by atoms with Gasteiger partial charge in [0.2, 0.25) is 5.82 Å². The summed E-state index contributed by atoms with van der Waals surface area (Å²) in [6.07, 6.45) is 0.290. The van der Waals surface area contributed by atoms with Crippen LogP contribution in [-0.4, -0.2) is 0 Å². The molecule has 0 aliphatic rings. The van der Waals surface area contributed by atoms with Crippen LogP contribution in [0, 0.1) is 29.1 Å². The van der Waals surface area contributed by atoms with Gasteiger partial charge >= 0.3 is 0 Å². The highest BCUT2D eigenvalue weighted by Gasteiger charge is 2.27. The van der Waals surface area contributed by atoms with E-state index in [1.54, 1.807) is 6.92 Å². The molecule has 112 valence electrons. The Labute approximate surface area is 111 Å². The third kappa shape index (κ3) is 4.48. The molecule has 1 aromatic carbocycles. The highest BCUT2D eigenvalue weighted by Crippen LogP contribution is 2.29. The summed E-state index contributed by atoms with van der Waals surface area (Å²) >= 11 is 0. The van der Waals surface area contributed by atoms with Gasteiger partial charge in [0.25, 0.3) is 0 Å². The van der Waals surface area contributed by atoms with Crippen molar-refractivity contribution in [3.05, 3.63) is 34.6 Å². The number of benzene rings is 1. The van der Waals surface area contributed by atoms with Gasteiger partial charge in [-0.05, 0) is 12.3 Å². The largest absolute Gasteiger partial charge is 0.203 e. The van der Waals surface area contributed by atoms with E-state index in [9.17, 15) is 22.0 Å². The zero-order valence-electron chi connectivity index (χ0n) is 12.2. The zero-order chi connectivity index (χ0) is 15.7. The van der Waals surface area contributed by atoms with E-state index in [0.29, 0.717) is 6.42 Å². The fourth-order valence-electron chi connectivity index (χ4n) is 1.26. The van der Waals surface area contributed by atoms with Crippen LogP contribution in [0.5, 0.6) is 0 Å². The van der Waals surface area contributed by atoms with Gasteiger partial charge in [-0.25, -0.2) is 22.0 Å². The van der Waals surface area contributed by atoms with Crippen LogP contribution in [0.4, 0.5) is 22.0 Å². The van der Waals surface area contributed by atoms with Crippen LogP contribution in [0.15, 0.2) is 0 Å². The van der Waals surface area contributed by atoms with Crippen LogP contribution in [-0.2, 0) is 0 Å². The standard InChI is InChI=1S/C10H9F5.2C2H6/c1-3-4(2)5-6(11)8(13)10(15)9(14)7(5)12;2*1-2/h4H,3H2,1-2H3;2*1-2H3. The van der Waals surface area contributed by atoms with E-state index in [1.807, 2.05) is 27.7 Å². The Kier molecular flexibility index (Phi) is 10.4. The molecule has 0 amide bonds. The van der Waals surface area contributed by atoms with Crippen molar-refractivity contribution in [3.63, 3.8) is 0 Å². The molecule has 1 rings (SSSR count). The first kappa shape index (κ1) is 20.2. The maximum atomic E-state index is 13.1. The molecule has 0 radical (unpaired) electrons. The van der Waals surface area contributed by atoms with Crippen molar-refractivity contribution in [2.24, 2.45) is 0 Å². The Bertz CT molecular complexity index is 359. The molecule has 0 nitrogen and oxygen atoms in total. The topological polar surface area (TPSA) is 0 Å². The summed E-state index contributed by atoms with van der Waals surface area (Å²) in [5, 5.41) is 0. The van der Waals surface area contributed by atoms with Gasteiger partial charge < -0.3 is 0 Å². The number of rotatable bonds is 2. The molecule has 1 atom stereocenters. The van der Waals surface area contributed by atoms with Crippen molar-refractivity contribution in [1.82, 2.24) is 0 Å². The smallest absolute Gasteiger partial charge is 0.200 e. The van der Waals surface area contributed by atoms with Crippen molar-refractivity contribution in [2.75, 3.05) is 0 Å². The second-order valence-corrected chi connectivity index (χ2v) is 3.29. The lowest BCUT2D eigenvalue weighted by atomic mass is 9.97. The molecular weight excluding hydrogens is 263 g/mol. The average molecular weight is 284 g/mol. The molecule has 0 fully saturated rings. The Morgan fingerprint density at radius 1 is 0.684 bits per heavy atom. The molecule has 0 aliphatic heterocycles. The lowest BCUT2D eigenvalue weighted by molar-refractivity contribution is 0.364. The van der Waals surface area contributed by atoms with Gasteiger partial charge in [-0.2, -0.15) is 0 Å². The van der Waals surface area contributed by atoms with Crippen LogP contribution in [0.25, 0.3) is 0 Å². The lowest BCUT2D eigenvalue weighted by Crippen LogP contribution is -2.09. The maximum absolute atomic E-state index is 13.1. The molecule has 19 heavy (non-hydrogen) atoms. The van der Waals surface area contributed by atoms with Gasteiger partial charge in [-0.3, -0.25) is 0 Å². The van der Waals surface area contributed by atoms with Crippen molar-refractivity contribution in [3.8, 4) is 0 Å². The first-order valence-corrected chi connectivity index (χ1v) is 6.43. The fraction of sp³-hybridized carbons (Fsp3) is 0.571. The van der Waals surface area contributed by atoms with Crippen LogP contribution in [0.3, 0.4) is 0 Å². The molecule has 0 saturated heterocycles. The summed E-state index contributed by atoms with van der Waals surface area (Å²) in [7, 11) is 0. The molecular formula is C14H21F5. The van der Waals surface area contributed by atoms with Crippen molar-refractivity contribution < 1.29 is 22.0 Å². The molecule has 0 saturated carbocycles. The minimum Gasteiger partial charge on any atom is -0.203 e. The van der Waals surface area contributed by atoms with Crippen LogP contribution in [0.1, 0.15) is 59.4 Å². The van der Waals surface area contributed by atoms with Crippen LogP contribution in [0.2, 0.25) is 0 Å². The Hall–Kier alpha value is -1.13. The van der Waals surface area contributed by atoms with E-state index in [4.69, 9.17) is 0 Å². The third-order valence-electron chi connectivity index (χ3n) is 2.35. The monoisotopic (exact) mass is 284 g/mol. The van der Waals surface area contributed by atoms with Gasteiger partial charge in [0.15, 0.2) is 23.3 Å². The van der Waals surface area contributed by atoms with E-state index in [-0.39, 0.29) is 0 Å². The van der Waals surface area contributed by atoms with E-state index < -0.39 is 40.6 Å². The van der Waals surface area contributed by atoms with Gasteiger partial charge in [0, 0.05) is 5.56 Å². The Morgan fingerprint density at radius 2 is 0.947 bits per heavy atom. The highest BCUT2D eigenvalue weighted by molar-refractivity contribution is 5.26. The number of hydrogen-bond acceptors (Lipinski definition) is 0. The van der Waals surface area contributed by atoms with Crippen molar-refractivity contribution in [2.45, 2.75) is 53.9 Å². The first-order chi connectivity index (χ1) is 8.91. The van der Waals surface area contributed by atoms with Crippen molar-refractivity contribution in [1.29, 1.82) is 0 Å². The molecule has 0 heterocycles. The summed E-state index contributed by atoms with van der Waals surface area (Å²) in [6.45, 7) is 11.0. The van der Waals surface area contributed by atoms with E-state index in [1.165, 1.54) is 6.92 Å². The lowest BCUT2D eigenvalue weighted by Gasteiger charge is -2.12. The minimum absolute atomic E-state index is 0.290. The van der Waals surface area contributed by atoms with Crippen LogP contribution >= 0.6 is 0 Å². The van der Waals surface area contributed by atoms with Crippen molar-refractivity contribution >= 4 is 0 Å². The minimum atomic E-state index is -2.11. The summed E-state index contributed by atoms with van der Waals surface area (Å²) in [6, 6.07) is 0. The van der Waals surface area contributed by atoms with Gasteiger partial charge in [0.05, 0.1) is 0 Å². The van der Waals surface area contributed by atoms with Gasteiger partial charge in [0.1, 0.15) is 0 Å². The van der Waals surface area contributed by atoms with Crippen LogP contribution < -0.4 is 0 Å². The van der Waals surface area contributed by atoms with Gasteiger partial charge in [-0.1, -0.05) is 41.5 Å². The third-order valence-corrected chi connectivity index (χ3v) is 2.35. The summed E-state index contributed by atoms with van der Waals surface area (Å²) in [4.78, 5) is 0. The Balaban J connectivity index is 0. The number of hydrogen-bond donors (Lipinski definition) is 0. The SMILES string of the molecule is CC.CC.CCC(C)c1c(F)c(F)c(F)c(F)c1F. The quantitative estimate of drug-likeness (QED) is 0.358. The second kappa shape index (κ2) is 9.75. The summed E-state index contributed by atoms with van der Waals surface area (Å²) in [5.41, 5.74) is -0.742. The molecule has 0 aromatic heterocycles. The molecule has 5 heteroatoms. The Morgan fingerprint density at radius 3 is 1.21 bits per heavy atom. The predicted molar refractivity (Wildman–Crippen MR) is 67.6 cm³/mol. The molecule has 1 aromatic rings. The maximum Gasteiger partial charge on any atom is 0.200 e. The molecule has 1 unspecified atom stereocenters. The van der Waals surface area contributed by atoms with E-state index >= 15 is 0 Å². The molecule has 0 bridgehead atoms. The summed E-state index contributed by atoms with van der Waals surface area (Å²) in [5.74, 6) is -10.1. The second-order valence-electron chi connectivity index (χ2n) is 3.29. The normalized spacial score (nSPS) is 10.9. The first-order valence-electron chi connectivity index (χ1n) is 6.43. The van der Waals surface area contributed by atoms with E-state index in [2.05, 4.69) is 0 Å². The molecule has 0 aliphatic carbocycles. The number of halogens is 5. The predicted octanol–water partition coefficient (Wildman–Crippen LogP) is 5.95. The molecule has 0 N–H and O–H groups in total. The zero-order valence-corrected chi connectivity index (χ0v) is 12.2. The highest BCUT2D eigenvalue weighted by atomic mass is 19.2. The summed E-state index contributed by atoms with van der Waals surface area (Å²) < 4.78 is 64.4.